The molecule has 0 radical (unpaired) electrons. The van der Waals surface area contributed by atoms with E-state index in [1.807, 2.05) is 19.2 Å². The topological polar surface area (TPSA) is 64.6 Å². The van der Waals surface area contributed by atoms with Gasteiger partial charge in [-0.15, -0.1) is 0 Å². The summed E-state index contributed by atoms with van der Waals surface area (Å²) in [7, 11) is 2.04. The van der Waals surface area contributed by atoms with Crippen molar-refractivity contribution in [3.63, 3.8) is 0 Å². The van der Waals surface area contributed by atoms with Crippen molar-refractivity contribution in [3.8, 4) is 0 Å². The molecule has 0 aliphatic carbocycles. The Hall–Kier alpha value is -3.50. The predicted octanol–water partition coefficient (Wildman–Crippen LogP) is 4.93. The van der Waals surface area contributed by atoms with E-state index in [1.165, 1.54) is 13.3 Å². The highest BCUT2D eigenvalue weighted by Gasteiger charge is 2.34. The first-order valence-electron chi connectivity index (χ1n) is 13.1. The number of piperazine rings is 1. The third-order valence-corrected chi connectivity index (χ3v) is 7.77. The van der Waals surface area contributed by atoms with Crippen LogP contribution in [0.2, 0.25) is 0 Å². The SMILES string of the molecule is Cc1c(CN2CCN(C)CC2)cc(NC(=O)c2ccc3c(c2)CN(c2cncnc2)CC3C)cc1C(F)(F)F. The first kappa shape index (κ1) is 27.1. The molecule has 1 fully saturated rings. The van der Waals surface area contributed by atoms with Crippen LogP contribution in [0.1, 0.15) is 51.0 Å². The fraction of sp³-hybridized carbons (Fsp3) is 0.414. The van der Waals surface area contributed by atoms with Crippen LogP contribution in [0.5, 0.6) is 0 Å². The molecule has 3 heterocycles. The minimum atomic E-state index is -4.52. The van der Waals surface area contributed by atoms with Gasteiger partial charge in [0.2, 0.25) is 0 Å². The molecule has 1 atom stereocenters. The number of anilines is 2. The van der Waals surface area contributed by atoms with Gasteiger partial charge in [0.25, 0.3) is 5.91 Å². The first-order valence-corrected chi connectivity index (χ1v) is 13.1. The standard InChI is InChI=1S/C29H33F3N6O/c1-19-15-38(25-13-33-18-34-14-25)17-23-10-21(4-5-26(19)23)28(39)35-24-11-22(16-37-8-6-36(3)7-9-37)20(2)27(12-24)29(30,31)32/h4-5,10-14,18-19H,6-9,15-17H2,1-3H3,(H,35,39). The van der Waals surface area contributed by atoms with Crippen molar-refractivity contribution >= 4 is 17.3 Å². The van der Waals surface area contributed by atoms with Crippen LogP contribution in [0.4, 0.5) is 24.5 Å². The lowest BCUT2D eigenvalue weighted by Crippen LogP contribution is -2.44. The number of halogens is 3. The first-order chi connectivity index (χ1) is 18.6. The summed E-state index contributed by atoms with van der Waals surface area (Å²) in [4.78, 5) is 28.0. The van der Waals surface area contributed by atoms with Crippen LogP contribution in [0.15, 0.2) is 49.1 Å². The third-order valence-electron chi connectivity index (χ3n) is 7.77. The van der Waals surface area contributed by atoms with Gasteiger partial charge in [-0.25, -0.2) is 9.97 Å². The molecule has 2 aliphatic heterocycles. The van der Waals surface area contributed by atoms with Gasteiger partial charge >= 0.3 is 6.18 Å². The molecule has 39 heavy (non-hydrogen) atoms. The van der Waals surface area contributed by atoms with Crippen LogP contribution in [0.25, 0.3) is 0 Å². The Morgan fingerprint density at radius 1 is 1.08 bits per heavy atom. The van der Waals surface area contributed by atoms with E-state index in [0.717, 1.165) is 55.6 Å². The van der Waals surface area contributed by atoms with Crippen molar-refractivity contribution in [1.82, 2.24) is 19.8 Å². The molecule has 1 amide bonds. The van der Waals surface area contributed by atoms with E-state index in [1.54, 1.807) is 24.5 Å². The number of aromatic nitrogens is 2. The highest BCUT2D eigenvalue weighted by Crippen LogP contribution is 2.36. The van der Waals surface area contributed by atoms with Gasteiger partial charge in [-0.1, -0.05) is 13.0 Å². The lowest BCUT2D eigenvalue weighted by molar-refractivity contribution is -0.138. The maximum atomic E-state index is 14.0. The van der Waals surface area contributed by atoms with Crippen LogP contribution in [0.3, 0.4) is 0 Å². The average Bonchev–Trinajstić information content (AvgIpc) is 2.91. The minimum Gasteiger partial charge on any atom is -0.364 e. The molecule has 1 aromatic heterocycles. The number of carbonyl (C=O) groups excluding carboxylic acids is 1. The molecule has 7 nitrogen and oxygen atoms in total. The number of carbonyl (C=O) groups is 1. The molecular weight excluding hydrogens is 505 g/mol. The highest BCUT2D eigenvalue weighted by molar-refractivity contribution is 6.04. The Morgan fingerprint density at radius 2 is 1.79 bits per heavy atom. The molecule has 1 unspecified atom stereocenters. The molecule has 206 valence electrons. The zero-order valence-corrected chi connectivity index (χ0v) is 22.4. The molecular formula is C29H33F3N6O. The molecule has 1 N–H and O–H groups in total. The van der Waals surface area contributed by atoms with E-state index >= 15 is 0 Å². The lowest BCUT2D eigenvalue weighted by atomic mass is 9.89. The number of nitrogens with one attached hydrogen (secondary N) is 1. The van der Waals surface area contributed by atoms with Crippen LogP contribution >= 0.6 is 0 Å². The number of hydrogen-bond donors (Lipinski definition) is 1. The number of fused-ring (bicyclic) bond motifs is 1. The zero-order valence-electron chi connectivity index (χ0n) is 22.4. The van der Waals surface area contributed by atoms with E-state index in [2.05, 4.69) is 36.9 Å². The van der Waals surface area contributed by atoms with Crippen molar-refractivity contribution in [3.05, 3.63) is 82.4 Å². The van der Waals surface area contributed by atoms with Crippen LogP contribution in [-0.2, 0) is 19.3 Å². The second-order valence-corrected chi connectivity index (χ2v) is 10.6. The molecule has 3 aromatic rings. The highest BCUT2D eigenvalue weighted by atomic mass is 19.4. The molecule has 0 bridgehead atoms. The maximum Gasteiger partial charge on any atom is 0.416 e. The Kier molecular flexibility index (Phi) is 7.59. The lowest BCUT2D eigenvalue weighted by Gasteiger charge is -2.34. The number of nitrogens with zero attached hydrogens (tertiary/aromatic N) is 5. The predicted molar refractivity (Wildman–Crippen MR) is 145 cm³/mol. The number of rotatable bonds is 5. The molecule has 0 saturated carbocycles. The molecule has 2 aromatic carbocycles. The van der Waals surface area contributed by atoms with Crippen LogP contribution in [0, 0.1) is 6.92 Å². The molecule has 2 aliphatic rings. The van der Waals surface area contributed by atoms with Crippen LogP contribution in [-0.4, -0.2) is 65.4 Å². The van der Waals surface area contributed by atoms with Crippen molar-refractivity contribution in [2.24, 2.45) is 0 Å². The van der Waals surface area contributed by atoms with E-state index in [4.69, 9.17) is 0 Å². The summed E-state index contributed by atoms with van der Waals surface area (Å²) in [5.74, 6) is -0.206. The Bertz CT molecular complexity index is 1340. The summed E-state index contributed by atoms with van der Waals surface area (Å²) < 4.78 is 41.9. The van der Waals surface area contributed by atoms with Crippen molar-refractivity contribution in [1.29, 1.82) is 0 Å². The zero-order chi connectivity index (χ0) is 27.7. The quantitative estimate of drug-likeness (QED) is 0.497. The molecule has 1 saturated heterocycles. The number of benzene rings is 2. The smallest absolute Gasteiger partial charge is 0.364 e. The fourth-order valence-corrected chi connectivity index (χ4v) is 5.47. The second-order valence-electron chi connectivity index (χ2n) is 10.6. The number of likely N-dealkylation sites (N-methyl/N-ethyl adjacent to an activating group) is 1. The summed E-state index contributed by atoms with van der Waals surface area (Å²) in [5.41, 5.74) is 3.67. The number of alkyl halides is 3. The van der Waals surface area contributed by atoms with E-state index < -0.39 is 17.6 Å². The fourth-order valence-electron chi connectivity index (χ4n) is 5.47. The summed E-state index contributed by atoms with van der Waals surface area (Å²) in [6.07, 6.45) is 0.487. The maximum absolute atomic E-state index is 14.0. The average molecular weight is 539 g/mol. The Balaban J connectivity index is 1.39. The van der Waals surface area contributed by atoms with E-state index in [9.17, 15) is 18.0 Å². The van der Waals surface area contributed by atoms with Gasteiger partial charge in [-0.3, -0.25) is 9.69 Å². The van der Waals surface area contributed by atoms with Gasteiger partial charge < -0.3 is 15.1 Å². The monoisotopic (exact) mass is 538 g/mol. The summed E-state index contributed by atoms with van der Waals surface area (Å²) >= 11 is 0. The van der Waals surface area contributed by atoms with Gasteiger partial charge in [-0.2, -0.15) is 13.2 Å². The number of hydrogen-bond acceptors (Lipinski definition) is 6. The second kappa shape index (κ2) is 10.9. The van der Waals surface area contributed by atoms with Crippen LogP contribution < -0.4 is 10.2 Å². The van der Waals surface area contributed by atoms with Gasteiger partial charge in [0.15, 0.2) is 0 Å². The third kappa shape index (κ3) is 6.07. The van der Waals surface area contributed by atoms with Gasteiger partial charge in [-0.05, 0) is 66.4 Å². The molecule has 0 spiro atoms. The molecule has 5 rings (SSSR count). The van der Waals surface area contributed by atoms with Gasteiger partial charge in [0, 0.05) is 57.1 Å². The van der Waals surface area contributed by atoms with Gasteiger partial charge in [0.05, 0.1) is 23.6 Å². The van der Waals surface area contributed by atoms with Crippen molar-refractivity contribution in [2.45, 2.75) is 39.0 Å². The normalized spacial score (nSPS) is 18.6. The summed E-state index contributed by atoms with van der Waals surface area (Å²) in [5, 5.41) is 2.74. The Labute approximate surface area is 226 Å². The van der Waals surface area contributed by atoms with Gasteiger partial charge in [0.1, 0.15) is 6.33 Å². The van der Waals surface area contributed by atoms with Crippen molar-refractivity contribution < 1.29 is 18.0 Å². The Morgan fingerprint density at radius 3 is 2.49 bits per heavy atom. The summed E-state index contributed by atoms with van der Waals surface area (Å²) in [6, 6.07) is 8.25. The van der Waals surface area contributed by atoms with Crippen molar-refractivity contribution in [2.75, 3.05) is 50.0 Å². The molecule has 10 heteroatoms. The minimum absolute atomic E-state index is 0.149. The number of amides is 1. The summed E-state index contributed by atoms with van der Waals surface area (Å²) in [6.45, 7) is 8.73. The van der Waals surface area contributed by atoms with E-state index in [-0.39, 0.29) is 17.2 Å². The largest absolute Gasteiger partial charge is 0.416 e. The van der Waals surface area contributed by atoms with E-state index in [0.29, 0.717) is 24.2 Å².